The van der Waals surface area contributed by atoms with E-state index in [9.17, 15) is 5.11 Å². The van der Waals surface area contributed by atoms with E-state index in [1.54, 1.807) is 21.3 Å². The van der Waals surface area contributed by atoms with Gasteiger partial charge < -0.3 is 14.3 Å². The number of benzene rings is 4. The maximum Gasteiger partial charge on any atom is 0.330 e. The predicted molar refractivity (Wildman–Crippen MR) is 143 cm³/mol. The van der Waals surface area contributed by atoms with Crippen LogP contribution in [0.5, 0.6) is 0 Å². The molecular weight excluding hydrogens is 417 g/mol. The average Bonchev–Trinajstić information content (AvgIpc) is 3.17. The summed E-state index contributed by atoms with van der Waals surface area (Å²) in [5, 5.41) is 12.9. The molecule has 0 aliphatic rings. The van der Waals surface area contributed by atoms with Crippen LogP contribution in [0.1, 0.15) is 27.7 Å². The summed E-state index contributed by atoms with van der Waals surface area (Å²) < 4.78 is 8.27. The van der Waals surface area contributed by atoms with Crippen molar-refractivity contribution < 1.29 is 9.76 Å². The second-order valence-corrected chi connectivity index (χ2v) is 9.85. The predicted octanol–water partition coefficient (Wildman–Crippen LogP) is 6.26. The van der Waals surface area contributed by atoms with Crippen LogP contribution in [-0.4, -0.2) is 28.4 Å². The first kappa shape index (κ1) is 22.5. The lowest BCUT2D eigenvalue weighted by Crippen LogP contribution is -2.49. The molecule has 0 spiro atoms. The van der Waals surface area contributed by atoms with Crippen LogP contribution in [0.15, 0.2) is 97.1 Å². The van der Waals surface area contributed by atoms with Gasteiger partial charge in [0.2, 0.25) is 0 Å². The monoisotopic (exact) mass is 446 g/mol. The van der Waals surface area contributed by atoms with Gasteiger partial charge in [0.1, 0.15) is 0 Å². The van der Waals surface area contributed by atoms with Gasteiger partial charge in [-0.2, -0.15) is 0 Å². The molecule has 0 bridgehead atoms. The summed E-state index contributed by atoms with van der Waals surface area (Å²) in [6.07, 6.45) is 0. The van der Waals surface area contributed by atoms with E-state index < -0.39 is 11.2 Å². The van der Waals surface area contributed by atoms with Crippen LogP contribution in [0.2, 0.25) is 0 Å². The first-order valence-electron chi connectivity index (χ1n) is 11.7. The smallest absolute Gasteiger partial charge is 0.330 e. The number of nitrogens with zero attached hydrogens (tertiary/aromatic N) is 1. The zero-order valence-electron chi connectivity index (χ0n) is 20.1. The van der Waals surface area contributed by atoms with Gasteiger partial charge in [0, 0.05) is 16.5 Å². The normalized spacial score (nSPS) is 12.4. The van der Waals surface area contributed by atoms with Gasteiger partial charge in [0.25, 0.3) is 0 Å². The van der Waals surface area contributed by atoms with Crippen LogP contribution in [0.3, 0.4) is 0 Å². The largest absolute Gasteiger partial charge is 0.427 e. The fraction of sp³-hybridized carbons (Fsp3) is 0.200. The number of rotatable bonds is 6. The summed E-state index contributed by atoms with van der Waals surface area (Å²) in [4.78, 5) is 0. The van der Waals surface area contributed by atoms with Crippen LogP contribution >= 0.6 is 0 Å². The SMILES string of the molecule is CC(C)(O)C(C)(C)O[B]c1cccc(-c2ccc(-n3c4ccccc4c4ccccc43)cc2)c1. The zero-order chi connectivity index (χ0) is 23.9. The third kappa shape index (κ3) is 4.04. The van der Waals surface area contributed by atoms with Gasteiger partial charge in [-0.1, -0.05) is 78.3 Å². The molecule has 4 aromatic carbocycles. The third-order valence-electron chi connectivity index (χ3n) is 6.89. The van der Waals surface area contributed by atoms with Crippen molar-refractivity contribution in [1.29, 1.82) is 0 Å². The Hall–Kier alpha value is -3.34. The topological polar surface area (TPSA) is 34.4 Å². The molecule has 5 aromatic rings. The molecule has 0 aliphatic heterocycles. The highest BCUT2D eigenvalue weighted by Gasteiger charge is 2.35. The van der Waals surface area contributed by atoms with Crippen molar-refractivity contribution in [2.75, 3.05) is 0 Å². The molecule has 1 aromatic heterocycles. The molecule has 5 rings (SSSR count). The Morgan fingerprint density at radius 1 is 0.676 bits per heavy atom. The molecular formula is C30H29BNO2. The van der Waals surface area contributed by atoms with Crippen LogP contribution in [-0.2, 0) is 4.65 Å². The fourth-order valence-electron chi connectivity index (χ4n) is 4.15. The van der Waals surface area contributed by atoms with E-state index in [-0.39, 0.29) is 0 Å². The maximum atomic E-state index is 10.3. The van der Waals surface area contributed by atoms with Gasteiger partial charge in [0.15, 0.2) is 0 Å². The number of hydrogen-bond acceptors (Lipinski definition) is 2. The minimum Gasteiger partial charge on any atom is -0.427 e. The Bertz CT molecular complexity index is 1410. The maximum absolute atomic E-state index is 10.3. The Morgan fingerprint density at radius 2 is 1.26 bits per heavy atom. The molecule has 0 unspecified atom stereocenters. The molecule has 34 heavy (non-hydrogen) atoms. The Kier molecular flexibility index (Phi) is 5.59. The highest BCUT2D eigenvalue weighted by Crippen LogP contribution is 2.32. The zero-order valence-corrected chi connectivity index (χ0v) is 20.1. The second-order valence-electron chi connectivity index (χ2n) is 9.85. The van der Waals surface area contributed by atoms with Crippen molar-refractivity contribution in [1.82, 2.24) is 4.57 Å². The number of hydrogen-bond donors (Lipinski definition) is 1. The van der Waals surface area contributed by atoms with Crippen molar-refractivity contribution in [2.45, 2.75) is 38.9 Å². The van der Waals surface area contributed by atoms with E-state index in [1.165, 1.54) is 21.8 Å². The Balaban J connectivity index is 1.45. The lowest BCUT2D eigenvalue weighted by molar-refractivity contribution is -0.0893. The minimum absolute atomic E-state index is 0.701. The Morgan fingerprint density at radius 3 is 1.85 bits per heavy atom. The fourth-order valence-corrected chi connectivity index (χ4v) is 4.15. The molecule has 1 radical (unpaired) electrons. The van der Waals surface area contributed by atoms with E-state index in [4.69, 9.17) is 4.65 Å². The molecule has 0 atom stereocenters. The van der Waals surface area contributed by atoms with Gasteiger partial charge in [-0.3, -0.25) is 0 Å². The highest BCUT2D eigenvalue weighted by atomic mass is 16.5. The van der Waals surface area contributed by atoms with E-state index in [2.05, 4.69) is 89.5 Å². The average molecular weight is 446 g/mol. The van der Waals surface area contributed by atoms with E-state index >= 15 is 0 Å². The van der Waals surface area contributed by atoms with Gasteiger partial charge >= 0.3 is 7.48 Å². The molecule has 0 fully saturated rings. The molecule has 169 valence electrons. The molecule has 0 saturated heterocycles. The molecule has 4 heteroatoms. The van der Waals surface area contributed by atoms with Gasteiger partial charge in [0.05, 0.1) is 22.2 Å². The van der Waals surface area contributed by atoms with Crippen LogP contribution in [0.4, 0.5) is 0 Å². The molecule has 0 saturated carbocycles. The van der Waals surface area contributed by atoms with Crippen LogP contribution in [0, 0.1) is 0 Å². The molecule has 1 heterocycles. The van der Waals surface area contributed by atoms with E-state index in [0.717, 1.165) is 22.3 Å². The van der Waals surface area contributed by atoms with Crippen molar-refractivity contribution in [3.63, 3.8) is 0 Å². The number of fused-ring (bicyclic) bond motifs is 3. The second kappa shape index (κ2) is 8.46. The van der Waals surface area contributed by atoms with Crippen molar-refractivity contribution in [3.05, 3.63) is 97.1 Å². The van der Waals surface area contributed by atoms with Gasteiger partial charge in [-0.25, -0.2) is 0 Å². The standard InChI is InChI=1S/C30H29BNO2/c1-29(2,33)30(3,4)34-31-23-11-9-10-22(20-23)21-16-18-24(19-17-21)32-27-14-7-5-12-25(27)26-13-6-8-15-28(26)32/h5-20,33H,1-4H3. The van der Waals surface area contributed by atoms with Gasteiger partial charge in [-0.05, 0) is 63.1 Å². The number of aromatic nitrogens is 1. The molecule has 1 N–H and O–H groups in total. The third-order valence-corrected chi connectivity index (χ3v) is 6.89. The first-order valence-corrected chi connectivity index (χ1v) is 11.7. The highest BCUT2D eigenvalue weighted by molar-refractivity contribution is 6.47. The summed E-state index contributed by atoms with van der Waals surface area (Å²) in [5.74, 6) is 0. The summed E-state index contributed by atoms with van der Waals surface area (Å²) in [6, 6.07) is 34.0. The summed E-state index contributed by atoms with van der Waals surface area (Å²) in [5.41, 5.74) is 5.12. The van der Waals surface area contributed by atoms with E-state index in [1.807, 2.05) is 26.0 Å². The first-order chi connectivity index (χ1) is 16.2. The minimum atomic E-state index is -0.955. The van der Waals surface area contributed by atoms with E-state index in [0.29, 0.717) is 0 Å². The summed E-state index contributed by atoms with van der Waals surface area (Å²) in [6.45, 7) is 7.30. The van der Waals surface area contributed by atoms with Crippen LogP contribution in [0.25, 0.3) is 38.6 Å². The molecule has 0 aliphatic carbocycles. The number of para-hydroxylation sites is 2. The van der Waals surface area contributed by atoms with Crippen molar-refractivity contribution >= 4 is 34.8 Å². The molecule has 0 amide bonds. The lowest BCUT2D eigenvalue weighted by atomic mass is 9.81. The Labute approximate surface area is 201 Å². The van der Waals surface area contributed by atoms with Crippen molar-refractivity contribution in [3.8, 4) is 16.8 Å². The van der Waals surface area contributed by atoms with Gasteiger partial charge in [-0.15, -0.1) is 0 Å². The number of aliphatic hydroxyl groups is 1. The van der Waals surface area contributed by atoms with Crippen molar-refractivity contribution in [2.24, 2.45) is 0 Å². The summed E-state index contributed by atoms with van der Waals surface area (Å²) >= 11 is 0. The quantitative estimate of drug-likeness (QED) is 0.313. The lowest BCUT2D eigenvalue weighted by Gasteiger charge is -2.37. The molecule has 3 nitrogen and oxygen atoms in total. The summed E-state index contributed by atoms with van der Waals surface area (Å²) in [7, 11) is 1.73. The van der Waals surface area contributed by atoms with Crippen LogP contribution < -0.4 is 5.46 Å².